The van der Waals surface area contributed by atoms with Gasteiger partial charge in [0.05, 0.1) is 7.11 Å². The highest BCUT2D eigenvalue weighted by Gasteiger charge is 2.21. The molecule has 0 unspecified atom stereocenters. The summed E-state index contributed by atoms with van der Waals surface area (Å²) in [5.41, 5.74) is 0. The van der Waals surface area contributed by atoms with E-state index >= 15 is 0 Å². The predicted molar refractivity (Wildman–Crippen MR) is 27.7 cm³/mol. The van der Waals surface area contributed by atoms with Crippen LogP contribution in [0.3, 0.4) is 0 Å². The van der Waals surface area contributed by atoms with Crippen molar-refractivity contribution in [3.8, 4) is 0 Å². The van der Waals surface area contributed by atoms with Gasteiger partial charge in [0.2, 0.25) is 0 Å². The molecule has 1 saturated heterocycles. The first kappa shape index (κ1) is 5.06. The number of hydroxylamine groups is 2. The van der Waals surface area contributed by atoms with E-state index in [1.54, 1.807) is 7.11 Å². The monoisotopic (exact) mass is 101 g/mol. The van der Waals surface area contributed by atoms with Crippen LogP contribution < -0.4 is 0 Å². The number of nitrogens with zero attached hydrogens (tertiary/aromatic N) is 1. The van der Waals surface area contributed by atoms with Crippen LogP contribution in [-0.2, 0) is 4.84 Å². The molecule has 0 saturated carbocycles. The zero-order chi connectivity index (χ0) is 5.28. The molecule has 1 aliphatic heterocycles. The summed E-state index contributed by atoms with van der Waals surface area (Å²) in [6, 6.07) is 0. The maximum Gasteiger partial charge on any atom is 0.0575 e. The molecule has 0 aromatic heterocycles. The Morgan fingerprint density at radius 1 is 1.57 bits per heavy atom. The minimum Gasteiger partial charge on any atom is -0.302 e. The first-order valence-electron chi connectivity index (χ1n) is 2.62. The molecular formula is C5H11NO. The van der Waals surface area contributed by atoms with Gasteiger partial charge in [0.15, 0.2) is 0 Å². The quantitative estimate of drug-likeness (QED) is 0.477. The van der Waals surface area contributed by atoms with Crippen molar-refractivity contribution >= 4 is 0 Å². The molecule has 2 heteroatoms. The molecule has 7 heavy (non-hydrogen) atoms. The van der Waals surface area contributed by atoms with Gasteiger partial charge in [-0.25, -0.2) is 0 Å². The highest BCUT2D eigenvalue weighted by molar-refractivity contribution is 4.68. The first-order chi connectivity index (χ1) is 3.33. The molecule has 0 spiro atoms. The molecule has 1 fully saturated rings. The number of hydrogen-bond acceptors (Lipinski definition) is 2. The van der Waals surface area contributed by atoms with Gasteiger partial charge < -0.3 is 4.84 Å². The Morgan fingerprint density at radius 3 is 2.29 bits per heavy atom. The maximum absolute atomic E-state index is 4.89. The van der Waals surface area contributed by atoms with E-state index in [4.69, 9.17) is 4.84 Å². The Hall–Kier alpha value is -0.0800. The summed E-state index contributed by atoms with van der Waals surface area (Å²) in [6.45, 7) is 4.43. The Balaban J connectivity index is 2.06. The van der Waals surface area contributed by atoms with Gasteiger partial charge in [0.25, 0.3) is 0 Å². The molecule has 0 aromatic carbocycles. The lowest BCUT2D eigenvalue weighted by Crippen LogP contribution is -2.43. The molecule has 1 heterocycles. The van der Waals surface area contributed by atoms with Crippen molar-refractivity contribution in [2.75, 3.05) is 20.2 Å². The van der Waals surface area contributed by atoms with Gasteiger partial charge in [0.1, 0.15) is 0 Å². The first-order valence-corrected chi connectivity index (χ1v) is 2.62. The molecule has 0 atom stereocenters. The van der Waals surface area contributed by atoms with Crippen molar-refractivity contribution in [2.24, 2.45) is 5.92 Å². The van der Waals surface area contributed by atoms with Crippen LogP contribution in [0.15, 0.2) is 0 Å². The minimum atomic E-state index is 0.847. The van der Waals surface area contributed by atoms with E-state index in [0.717, 1.165) is 19.0 Å². The third kappa shape index (κ3) is 0.924. The second kappa shape index (κ2) is 1.80. The van der Waals surface area contributed by atoms with Crippen molar-refractivity contribution in [1.29, 1.82) is 0 Å². The lowest BCUT2D eigenvalue weighted by atomic mass is 10.1. The van der Waals surface area contributed by atoms with Crippen LogP contribution in [0.2, 0.25) is 0 Å². The second-order valence-electron chi connectivity index (χ2n) is 2.13. The van der Waals surface area contributed by atoms with Crippen LogP contribution in [0.4, 0.5) is 0 Å². The molecule has 0 amide bonds. The molecule has 42 valence electrons. The number of hydrogen-bond donors (Lipinski definition) is 0. The summed E-state index contributed by atoms with van der Waals surface area (Å²) in [6.07, 6.45) is 0. The SMILES string of the molecule is CON1CC(C)C1. The van der Waals surface area contributed by atoms with Crippen LogP contribution in [0.5, 0.6) is 0 Å². The van der Waals surface area contributed by atoms with Gasteiger partial charge in [-0.1, -0.05) is 6.92 Å². The number of rotatable bonds is 1. The Bertz CT molecular complexity index is 59.1. The van der Waals surface area contributed by atoms with Crippen LogP contribution >= 0.6 is 0 Å². The van der Waals surface area contributed by atoms with Gasteiger partial charge >= 0.3 is 0 Å². The fourth-order valence-electron chi connectivity index (χ4n) is 0.791. The van der Waals surface area contributed by atoms with E-state index in [0.29, 0.717) is 0 Å². The average molecular weight is 101 g/mol. The van der Waals surface area contributed by atoms with E-state index in [1.165, 1.54) is 0 Å². The van der Waals surface area contributed by atoms with E-state index in [2.05, 4.69) is 6.92 Å². The Morgan fingerprint density at radius 2 is 2.14 bits per heavy atom. The zero-order valence-corrected chi connectivity index (χ0v) is 4.85. The summed E-state index contributed by atoms with van der Waals surface area (Å²) < 4.78 is 0. The Kier molecular flexibility index (Phi) is 1.30. The predicted octanol–water partition coefficient (Wildman–Crippen LogP) is 0.499. The van der Waals surface area contributed by atoms with Gasteiger partial charge in [-0.15, -0.1) is 0 Å². The van der Waals surface area contributed by atoms with E-state index in [9.17, 15) is 0 Å². The largest absolute Gasteiger partial charge is 0.302 e. The topological polar surface area (TPSA) is 12.5 Å². The summed E-state index contributed by atoms with van der Waals surface area (Å²) in [4.78, 5) is 4.89. The Labute approximate surface area is 44.0 Å². The maximum atomic E-state index is 4.89. The average Bonchev–Trinajstić information content (AvgIpc) is 1.58. The van der Waals surface area contributed by atoms with Gasteiger partial charge in [-0.3, -0.25) is 0 Å². The zero-order valence-electron chi connectivity index (χ0n) is 4.85. The third-order valence-electron chi connectivity index (χ3n) is 1.29. The van der Waals surface area contributed by atoms with Gasteiger partial charge in [0, 0.05) is 13.1 Å². The normalized spacial score (nSPS) is 24.9. The highest BCUT2D eigenvalue weighted by atomic mass is 16.7. The molecule has 0 bridgehead atoms. The molecule has 1 aliphatic rings. The van der Waals surface area contributed by atoms with Crippen LogP contribution in [0.1, 0.15) is 6.92 Å². The van der Waals surface area contributed by atoms with Crippen LogP contribution in [-0.4, -0.2) is 25.3 Å². The van der Waals surface area contributed by atoms with E-state index < -0.39 is 0 Å². The van der Waals surface area contributed by atoms with Crippen molar-refractivity contribution in [3.05, 3.63) is 0 Å². The molecule has 0 aliphatic carbocycles. The van der Waals surface area contributed by atoms with Crippen LogP contribution in [0.25, 0.3) is 0 Å². The summed E-state index contributed by atoms with van der Waals surface area (Å²) in [5.74, 6) is 0.847. The lowest BCUT2D eigenvalue weighted by Gasteiger charge is -2.34. The summed E-state index contributed by atoms with van der Waals surface area (Å²) >= 11 is 0. The molecule has 2 nitrogen and oxygen atoms in total. The van der Waals surface area contributed by atoms with Gasteiger partial charge in [-0.05, 0) is 5.92 Å². The summed E-state index contributed by atoms with van der Waals surface area (Å²) in [7, 11) is 1.71. The molecule has 0 radical (unpaired) electrons. The van der Waals surface area contributed by atoms with Crippen LogP contribution in [0, 0.1) is 5.92 Å². The van der Waals surface area contributed by atoms with E-state index in [-0.39, 0.29) is 0 Å². The smallest absolute Gasteiger partial charge is 0.0575 e. The second-order valence-corrected chi connectivity index (χ2v) is 2.13. The molecular weight excluding hydrogens is 90.1 g/mol. The highest BCUT2D eigenvalue weighted by Crippen LogP contribution is 2.12. The standard InChI is InChI=1S/C5H11NO/c1-5-3-6(4-5)7-2/h5H,3-4H2,1-2H3. The van der Waals surface area contributed by atoms with E-state index in [1.807, 2.05) is 5.06 Å². The van der Waals surface area contributed by atoms with Crippen molar-refractivity contribution in [2.45, 2.75) is 6.92 Å². The van der Waals surface area contributed by atoms with Crippen molar-refractivity contribution in [1.82, 2.24) is 5.06 Å². The fourth-order valence-corrected chi connectivity index (χ4v) is 0.791. The van der Waals surface area contributed by atoms with Crippen molar-refractivity contribution in [3.63, 3.8) is 0 Å². The lowest BCUT2D eigenvalue weighted by molar-refractivity contribution is -0.194. The van der Waals surface area contributed by atoms with Gasteiger partial charge in [-0.2, -0.15) is 5.06 Å². The summed E-state index contributed by atoms with van der Waals surface area (Å²) in [5, 5.41) is 1.95. The van der Waals surface area contributed by atoms with Crippen molar-refractivity contribution < 1.29 is 4.84 Å². The minimum absolute atomic E-state index is 0.847. The molecule has 1 rings (SSSR count). The molecule has 0 N–H and O–H groups in total. The fraction of sp³-hybridized carbons (Fsp3) is 1.00. The molecule has 0 aromatic rings. The third-order valence-corrected chi connectivity index (χ3v) is 1.29.